The van der Waals surface area contributed by atoms with Gasteiger partial charge in [0.15, 0.2) is 6.10 Å². The van der Waals surface area contributed by atoms with Crippen molar-refractivity contribution < 1.29 is 32.4 Å². The standard InChI is InChI=1S/C8H15F3N2O4S/c9-8(10,11)6(14)2-4-18(13,17)3-1-5(12)7(15)16/h5-6,13-14H,1-4,12H2,(H,15,16). The Bertz CT molecular complexity index is 382. The quantitative estimate of drug-likeness (QED) is 0.531. The van der Waals surface area contributed by atoms with Crippen molar-refractivity contribution in [1.29, 1.82) is 4.78 Å². The molecule has 10 heteroatoms. The van der Waals surface area contributed by atoms with Gasteiger partial charge in [0.1, 0.15) is 6.04 Å². The van der Waals surface area contributed by atoms with Crippen molar-refractivity contribution in [3.63, 3.8) is 0 Å². The van der Waals surface area contributed by atoms with E-state index in [4.69, 9.17) is 20.7 Å². The lowest BCUT2D eigenvalue weighted by atomic mass is 10.2. The predicted octanol–water partition coefficient (Wildman–Crippen LogP) is 0.148. The van der Waals surface area contributed by atoms with Crippen LogP contribution in [0.2, 0.25) is 0 Å². The van der Waals surface area contributed by atoms with Crippen LogP contribution in [0.4, 0.5) is 13.2 Å². The molecule has 0 aromatic carbocycles. The van der Waals surface area contributed by atoms with Crippen molar-refractivity contribution in [2.45, 2.75) is 31.2 Å². The summed E-state index contributed by atoms with van der Waals surface area (Å²) in [4.78, 5) is 10.3. The summed E-state index contributed by atoms with van der Waals surface area (Å²) < 4.78 is 54.6. The number of nitrogens with two attached hydrogens (primary N) is 1. The van der Waals surface area contributed by atoms with E-state index < -0.39 is 51.9 Å². The summed E-state index contributed by atoms with van der Waals surface area (Å²) in [5, 5.41) is 17.1. The Labute approximate surface area is 102 Å². The third-order valence-corrected chi connectivity index (χ3v) is 3.96. The highest BCUT2D eigenvalue weighted by Crippen LogP contribution is 2.22. The van der Waals surface area contributed by atoms with Crippen molar-refractivity contribution >= 4 is 15.7 Å². The third-order valence-electron chi connectivity index (χ3n) is 2.17. The fourth-order valence-corrected chi connectivity index (χ4v) is 2.45. The number of halogens is 3. The number of aliphatic carboxylic acids is 1. The molecule has 0 bridgehead atoms. The minimum absolute atomic E-state index is 0.264. The van der Waals surface area contributed by atoms with Crippen LogP contribution in [0.25, 0.3) is 0 Å². The molecule has 18 heavy (non-hydrogen) atoms. The molecule has 0 amide bonds. The maximum atomic E-state index is 11.9. The number of carboxylic acid groups (broad SMARTS) is 1. The molecule has 0 radical (unpaired) electrons. The Kier molecular flexibility index (Phi) is 6.04. The molecule has 0 aromatic rings. The smallest absolute Gasteiger partial charge is 0.414 e. The molecule has 108 valence electrons. The van der Waals surface area contributed by atoms with Crippen LogP contribution in [-0.4, -0.2) is 50.2 Å². The second-order valence-corrected chi connectivity index (χ2v) is 6.24. The molecule has 0 aliphatic rings. The maximum Gasteiger partial charge on any atom is 0.414 e. The zero-order valence-corrected chi connectivity index (χ0v) is 10.1. The van der Waals surface area contributed by atoms with Crippen LogP contribution in [0.3, 0.4) is 0 Å². The first-order valence-electron chi connectivity index (χ1n) is 4.93. The van der Waals surface area contributed by atoms with Crippen molar-refractivity contribution in [2.75, 3.05) is 11.5 Å². The van der Waals surface area contributed by atoms with E-state index in [-0.39, 0.29) is 6.42 Å². The van der Waals surface area contributed by atoms with E-state index in [2.05, 4.69) is 0 Å². The lowest BCUT2D eigenvalue weighted by Gasteiger charge is -2.15. The Hall–Kier alpha value is -0.870. The van der Waals surface area contributed by atoms with Crippen molar-refractivity contribution in [1.82, 2.24) is 0 Å². The molecule has 3 unspecified atom stereocenters. The molecule has 0 saturated heterocycles. The van der Waals surface area contributed by atoms with E-state index in [0.29, 0.717) is 0 Å². The van der Waals surface area contributed by atoms with E-state index in [9.17, 15) is 22.2 Å². The van der Waals surface area contributed by atoms with Gasteiger partial charge in [-0.2, -0.15) is 13.2 Å². The Morgan fingerprint density at radius 2 is 1.78 bits per heavy atom. The second-order valence-electron chi connectivity index (χ2n) is 3.80. The average molecular weight is 292 g/mol. The van der Waals surface area contributed by atoms with Crippen LogP contribution in [0, 0.1) is 4.78 Å². The topological polar surface area (TPSA) is 124 Å². The highest BCUT2D eigenvalue weighted by Gasteiger charge is 2.38. The molecule has 3 atom stereocenters. The average Bonchev–Trinajstić information content (AvgIpc) is 2.21. The van der Waals surface area contributed by atoms with Gasteiger partial charge in [-0.3, -0.25) is 9.57 Å². The number of alkyl halides is 3. The monoisotopic (exact) mass is 292 g/mol. The number of hydrogen-bond donors (Lipinski definition) is 4. The first-order valence-corrected chi connectivity index (χ1v) is 6.82. The summed E-state index contributed by atoms with van der Waals surface area (Å²) in [7, 11) is -3.37. The number of carbonyl (C=O) groups is 1. The molecule has 5 N–H and O–H groups in total. The lowest BCUT2D eigenvalue weighted by molar-refractivity contribution is -0.203. The zero-order valence-electron chi connectivity index (χ0n) is 9.31. The Balaban J connectivity index is 4.22. The molecule has 0 aliphatic carbocycles. The summed E-state index contributed by atoms with van der Waals surface area (Å²) in [5.74, 6) is -2.40. The first-order chi connectivity index (χ1) is 7.96. The highest BCUT2D eigenvalue weighted by molar-refractivity contribution is 7.92. The van der Waals surface area contributed by atoms with Crippen LogP contribution >= 0.6 is 0 Å². The van der Waals surface area contributed by atoms with Gasteiger partial charge < -0.3 is 15.9 Å². The number of hydrogen-bond acceptors (Lipinski definition) is 5. The molecule has 0 heterocycles. The van der Waals surface area contributed by atoms with E-state index in [1.807, 2.05) is 0 Å². The van der Waals surface area contributed by atoms with Crippen LogP contribution in [-0.2, 0) is 14.5 Å². The number of aliphatic hydroxyl groups is 1. The molecule has 0 saturated carbocycles. The normalized spacial score (nSPS) is 18.9. The van der Waals surface area contributed by atoms with Gasteiger partial charge in [-0.25, -0.2) is 4.21 Å². The molecule has 0 fully saturated rings. The zero-order chi connectivity index (χ0) is 14.6. The van der Waals surface area contributed by atoms with Crippen LogP contribution in [0.1, 0.15) is 12.8 Å². The van der Waals surface area contributed by atoms with Crippen molar-refractivity contribution in [3.05, 3.63) is 0 Å². The van der Waals surface area contributed by atoms with E-state index >= 15 is 0 Å². The molecular weight excluding hydrogens is 277 g/mol. The Morgan fingerprint density at radius 3 is 2.17 bits per heavy atom. The van der Waals surface area contributed by atoms with Gasteiger partial charge in [-0.1, -0.05) is 0 Å². The molecule has 0 aliphatic heterocycles. The number of aliphatic hydroxyl groups excluding tert-OH is 1. The first kappa shape index (κ1) is 17.1. The second kappa shape index (κ2) is 6.34. The van der Waals surface area contributed by atoms with Crippen molar-refractivity contribution in [2.24, 2.45) is 5.73 Å². The molecular formula is C8H15F3N2O4S. The minimum atomic E-state index is -4.81. The van der Waals surface area contributed by atoms with E-state index in [1.165, 1.54) is 0 Å². The fourth-order valence-electron chi connectivity index (χ4n) is 1.01. The minimum Gasteiger partial charge on any atom is -0.480 e. The van der Waals surface area contributed by atoms with Gasteiger partial charge in [0.2, 0.25) is 0 Å². The van der Waals surface area contributed by atoms with E-state index in [1.54, 1.807) is 0 Å². The number of nitrogens with one attached hydrogen (secondary N) is 1. The summed E-state index contributed by atoms with van der Waals surface area (Å²) in [6.45, 7) is 0. The largest absolute Gasteiger partial charge is 0.480 e. The molecule has 0 spiro atoms. The number of carboxylic acids is 1. The van der Waals surface area contributed by atoms with Gasteiger partial charge in [0, 0.05) is 21.2 Å². The van der Waals surface area contributed by atoms with Gasteiger partial charge >= 0.3 is 12.1 Å². The van der Waals surface area contributed by atoms with Crippen LogP contribution < -0.4 is 5.73 Å². The fraction of sp³-hybridized carbons (Fsp3) is 0.875. The molecule has 0 rings (SSSR count). The van der Waals surface area contributed by atoms with E-state index in [0.717, 1.165) is 0 Å². The Morgan fingerprint density at radius 1 is 1.33 bits per heavy atom. The summed E-state index contributed by atoms with van der Waals surface area (Å²) in [6.07, 6.45) is -8.56. The predicted molar refractivity (Wildman–Crippen MR) is 57.5 cm³/mol. The lowest BCUT2D eigenvalue weighted by Crippen LogP contribution is -2.33. The number of rotatable bonds is 7. The highest BCUT2D eigenvalue weighted by atomic mass is 32.2. The third kappa shape index (κ3) is 6.77. The van der Waals surface area contributed by atoms with Crippen LogP contribution in [0.15, 0.2) is 0 Å². The molecule has 6 nitrogen and oxygen atoms in total. The summed E-state index contributed by atoms with van der Waals surface area (Å²) >= 11 is 0. The molecule has 0 aromatic heterocycles. The summed E-state index contributed by atoms with van der Waals surface area (Å²) in [6, 6.07) is -1.30. The van der Waals surface area contributed by atoms with Crippen molar-refractivity contribution in [3.8, 4) is 0 Å². The van der Waals surface area contributed by atoms with Gasteiger partial charge in [0.05, 0.1) is 0 Å². The van der Waals surface area contributed by atoms with Gasteiger partial charge in [0.25, 0.3) is 0 Å². The summed E-state index contributed by atoms with van der Waals surface area (Å²) in [5.41, 5.74) is 5.11. The maximum absolute atomic E-state index is 11.9. The van der Waals surface area contributed by atoms with Crippen LogP contribution in [0.5, 0.6) is 0 Å². The van der Waals surface area contributed by atoms with Gasteiger partial charge in [-0.15, -0.1) is 0 Å². The SMILES string of the molecule is N=S(=O)(CCC(N)C(=O)O)CCC(O)C(F)(F)F. The van der Waals surface area contributed by atoms with Gasteiger partial charge in [-0.05, 0) is 12.8 Å².